The van der Waals surface area contributed by atoms with E-state index < -0.39 is 11.7 Å². The minimum Gasteiger partial charge on any atom is -0.359 e. The lowest BCUT2D eigenvalue weighted by atomic mass is 10.1. The molecule has 3 aromatic heterocycles. The second-order valence-corrected chi connectivity index (χ2v) is 8.68. The number of amides is 2. The highest BCUT2D eigenvalue weighted by Crippen LogP contribution is 2.29. The Bertz CT molecular complexity index is 1310. The van der Waals surface area contributed by atoms with Gasteiger partial charge < -0.3 is 14.8 Å². The van der Waals surface area contributed by atoms with Gasteiger partial charge in [-0.05, 0) is 18.2 Å². The molecule has 1 fully saturated rings. The third-order valence-electron chi connectivity index (χ3n) is 5.77. The molecular weight excluding hydrogens is 438 g/mol. The van der Waals surface area contributed by atoms with Gasteiger partial charge in [0.25, 0.3) is 11.8 Å². The number of carbonyl (C=O) groups is 3. The molecule has 0 spiro atoms. The highest BCUT2D eigenvalue weighted by atomic mass is 32.1. The topological polar surface area (TPSA) is 99.3 Å². The summed E-state index contributed by atoms with van der Waals surface area (Å²) in [7, 11) is 0. The number of rotatable bonds is 5. The Morgan fingerprint density at radius 1 is 0.939 bits per heavy atom. The molecular formula is C24H21N5O3S. The molecule has 5 rings (SSSR count). The van der Waals surface area contributed by atoms with E-state index in [1.54, 1.807) is 35.6 Å². The van der Waals surface area contributed by atoms with E-state index in [2.05, 4.69) is 15.0 Å². The predicted molar refractivity (Wildman–Crippen MR) is 125 cm³/mol. The average Bonchev–Trinajstić information content (AvgIpc) is 3.54. The predicted octanol–water partition coefficient (Wildman–Crippen LogP) is 2.78. The third-order valence-corrected chi connectivity index (χ3v) is 6.58. The van der Waals surface area contributed by atoms with Crippen LogP contribution in [0.5, 0.6) is 0 Å². The first-order valence-corrected chi connectivity index (χ1v) is 11.5. The number of pyridine rings is 1. The Kier molecular flexibility index (Phi) is 5.70. The first-order valence-electron chi connectivity index (χ1n) is 10.6. The minimum atomic E-state index is -0.521. The van der Waals surface area contributed by atoms with Gasteiger partial charge in [0, 0.05) is 73.3 Å². The fourth-order valence-corrected chi connectivity index (χ4v) is 4.72. The van der Waals surface area contributed by atoms with Gasteiger partial charge in [0.1, 0.15) is 5.01 Å². The number of hydrogen-bond acceptors (Lipinski definition) is 6. The van der Waals surface area contributed by atoms with Gasteiger partial charge in [-0.15, -0.1) is 11.3 Å². The van der Waals surface area contributed by atoms with Crippen molar-refractivity contribution in [2.24, 2.45) is 0 Å². The van der Waals surface area contributed by atoms with Crippen LogP contribution in [0.3, 0.4) is 0 Å². The average molecular weight is 460 g/mol. The van der Waals surface area contributed by atoms with Gasteiger partial charge in [-0.3, -0.25) is 19.4 Å². The zero-order chi connectivity index (χ0) is 22.8. The van der Waals surface area contributed by atoms with Crippen LogP contribution >= 0.6 is 11.3 Å². The van der Waals surface area contributed by atoms with Crippen molar-refractivity contribution in [3.63, 3.8) is 0 Å². The smallest absolute Gasteiger partial charge is 0.290 e. The molecule has 1 aromatic carbocycles. The number of nitrogens with one attached hydrogen (secondary N) is 1. The standard InChI is InChI=1S/C24H21N5O3S/c30-19(14-17-15-27-21-18(6-7-25-20(17)21)22-26-8-13-33-22)24(32)29-11-9-28(10-12-29)23(31)16-4-2-1-3-5-16/h1-8,13,15,27H,9-12,14H2. The second-order valence-electron chi connectivity index (χ2n) is 7.78. The normalized spacial score (nSPS) is 13.9. The lowest BCUT2D eigenvalue weighted by Gasteiger charge is -2.34. The fraction of sp³-hybridized carbons (Fsp3) is 0.208. The van der Waals surface area contributed by atoms with Crippen LogP contribution in [0, 0.1) is 0 Å². The van der Waals surface area contributed by atoms with Crippen molar-refractivity contribution in [1.29, 1.82) is 0 Å². The van der Waals surface area contributed by atoms with Crippen LogP contribution in [0.4, 0.5) is 0 Å². The summed E-state index contributed by atoms with van der Waals surface area (Å²) in [6.07, 6.45) is 5.13. The van der Waals surface area contributed by atoms with Gasteiger partial charge in [0.15, 0.2) is 0 Å². The largest absolute Gasteiger partial charge is 0.359 e. The summed E-state index contributed by atoms with van der Waals surface area (Å²) in [6.45, 7) is 1.48. The molecule has 1 N–H and O–H groups in total. The SMILES string of the molecule is O=C(Cc1c[nH]c2c(-c3nccs3)ccnc12)C(=O)N1CCN(C(=O)c2ccccc2)CC1. The van der Waals surface area contributed by atoms with E-state index in [1.807, 2.05) is 29.6 Å². The van der Waals surface area contributed by atoms with Gasteiger partial charge in [-0.25, -0.2) is 4.98 Å². The maximum atomic E-state index is 12.8. The molecule has 4 heterocycles. The summed E-state index contributed by atoms with van der Waals surface area (Å²) in [5.74, 6) is -1.07. The molecule has 33 heavy (non-hydrogen) atoms. The van der Waals surface area contributed by atoms with E-state index in [9.17, 15) is 14.4 Å². The van der Waals surface area contributed by atoms with Crippen LogP contribution in [0.25, 0.3) is 21.6 Å². The number of benzene rings is 1. The first-order chi connectivity index (χ1) is 16.1. The number of H-pyrrole nitrogens is 1. The van der Waals surface area contributed by atoms with Crippen LogP contribution in [0.15, 0.2) is 60.4 Å². The molecule has 1 saturated heterocycles. The van der Waals surface area contributed by atoms with E-state index >= 15 is 0 Å². The Balaban J connectivity index is 1.24. The minimum absolute atomic E-state index is 0.0314. The van der Waals surface area contributed by atoms with Gasteiger partial charge in [-0.1, -0.05) is 18.2 Å². The van der Waals surface area contributed by atoms with Crippen molar-refractivity contribution >= 4 is 40.0 Å². The Labute approximate surface area is 193 Å². The molecule has 0 atom stereocenters. The van der Waals surface area contributed by atoms with Crippen molar-refractivity contribution in [3.05, 3.63) is 71.5 Å². The summed E-state index contributed by atoms with van der Waals surface area (Å²) in [5.41, 5.74) is 3.69. The molecule has 9 heteroatoms. The van der Waals surface area contributed by atoms with Crippen molar-refractivity contribution in [1.82, 2.24) is 24.8 Å². The Hall–Kier alpha value is -3.85. The maximum Gasteiger partial charge on any atom is 0.290 e. The zero-order valence-electron chi connectivity index (χ0n) is 17.7. The van der Waals surface area contributed by atoms with Crippen molar-refractivity contribution in [3.8, 4) is 10.6 Å². The number of hydrogen-bond donors (Lipinski definition) is 1. The molecule has 0 unspecified atom stereocenters. The third kappa shape index (κ3) is 4.14. The highest BCUT2D eigenvalue weighted by Gasteiger charge is 2.28. The van der Waals surface area contributed by atoms with Crippen molar-refractivity contribution < 1.29 is 14.4 Å². The van der Waals surface area contributed by atoms with E-state index in [1.165, 1.54) is 16.2 Å². The molecule has 0 radical (unpaired) electrons. The molecule has 4 aromatic rings. The van der Waals surface area contributed by atoms with Crippen LogP contribution < -0.4 is 0 Å². The quantitative estimate of drug-likeness (QED) is 0.463. The molecule has 1 aliphatic rings. The first kappa shape index (κ1) is 21.0. The number of fused-ring (bicyclic) bond motifs is 1. The molecule has 8 nitrogen and oxygen atoms in total. The summed E-state index contributed by atoms with van der Waals surface area (Å²) >= 11 is 1.52. The molecule has 166 valence electrons. The molecule has 0 aliphatic carbocycles. The number of Topliss-reactive ketones (excluding diaryl/α,β-unsaturated/α-hetero) is 1. The van der Waals surface area contributed by atoms with Gasteiger partial charge >= 0.3 is 0 Å². The number of nitrogens with zero attached hydrogens (tertiary/aromatic N) is 4. The number of aromatic nitrogens is 3. The highest BCUT2D eigenvalue weighted by molar-refractivity contribution is 7.13. The van der Waals surface area contributed by atoms with Gasteiger partial charge in [0.2, 0.25) is 5.78 Å². The Morgan fingerprint density at radius 3 is 2.42 bits per heavy atom. The molecule has 0 bridgehead atoms. The fourth-order valence-electron chi connectivity index (χ4n) is 4.05. The van der Waals surface area contributed by atoms with Crippen LogP contribution in [-0.4, -0.2) is 68.5 Å². The monoisotopic (exact) mass is 459 g/mol. The Morgan fingerprint density at radius 2 is 1.70 bits per heavy atom. The number of aromatic amines is 1. The van der Waals surface area contributed by atoms with E-state index in [0.717, 1.165) is 16.1 Å². The molecule has 1 aliphatic heterocycles. The summed E-state index contributed by atoms with van der Waals surface area (Å²) in [4.78, 5) is 53.4. The number of thiazole rings is 1. The lowest BCUT2D eigenvalue weighted by Crippen LogP contribution is -2.52. The second kappa shape index (κ2) is 8.95. The number of carbonyl (C=O) groups excluding carboxylic acids is 3. The van der Waals surface area contributed by atoms with E-state index in [4.69, 9.17) is 0 Å². The number of ketones is 1. The lowest BCUT2D eigenvalue weighted by molar-refractivity contribution is -0.145. The van der Waals surface area contributed by atoms with Crippen molar-refractivity contribution in [2.75, 3.05) is 26.2 Å². The van der Waals surface area contributed by atoms with E-state index in [0.29, 0.717) is 42.8 Å². The van der Waals surface area contributed by atoms with Gasteiger partial charge in [-0.2, -0.15) is 0 Å². The molecule has 2 amide bonds. The van der Waals surface area contributed by atoms with Crippen LogP contribution in [0.2, 0.25) is 0 Å². The maximum absolute atomic E-state index is 12.8. The van der Waals surface area contributed by atoms with E-state index in [-0.39, 0.29) is 12.3 Å². The van der Waals surface area contributed by atoms with Crippen LogP contribution in [-0.2, 0) is 16.0 Å². The molecule has 0 saturated carbocycles. The van der Waals surface area contributed by atoms with Gasteiger partial charge in [0.05, 0.1) is 11.0 Å². The summed E-state index contributed by atoms with van der Waals surface area (Å²) in [5, 5.41) is 2.77. The summed E-state index contributed by atoms with van der Waals surface area (Å²) in [6, 6.07) is 10.9. The number of piperazine rings is 1. The van der Waals surface area contributed by atoms with Crippen molar-refractivity contribution in [2.45, 2.75) is 6.42 Å². The summed E-state index contributed by atoms with van der Waals surface area (Å²) < 4.78 is 0. The van der Waals surface area contributed by atoms with Crippen LogP contribution in [0.1, 0.15) is 15.9 Å². The zero-order valence-corrected chi connectivity index (χ0v) is 18.5.